The fourth-order valence-corrected chi connectivity index (χ4v) is 6.37. The van der Waals surface area contributed by atoms with Crippen LogP contribution in [0.25, 0.3) is 0 Å². The summed E-state index contributed by atoms with van der Waals surface area (Å²) in [5.74, 6) is 3.01. The van der Waals surface area contributed by atoms with Gasteiger partial charge in [0.2, 0.25) is 0 Å². The van der Waals surface area contributed by atoms with Gasteiger partial charge in [-0.3, -0.25) is 0 Å². The molecule has 0 bridgehead atoms. The lowest BCUT2D eigenvalue weighted by molar-refractivity contribution is 0.0658. The van der Waals surface area contributed by atoms with Crippen molar-refractivity contribution in [1.82, 2.24) is 0 Å². The highest BCUT2D eigenvalue weighted by atomic mass is 14.6. The Bertz CT molecular complexity index is 739. The van der Waals surface area contributed by atoms with Crippen LogP contribution in [0.1, 0.15) is 93.9 Å². The molecule has 0 amide bonds. The predicted molar refractivity (Wildman–Crippen MR) is 123 cm³/mol. The maximum Gasteiger partial charge on any atom is -0.00569 e. The molecular formula is C28H40. The van der Waals surface area contributed by atoms with Gasteiger partial charge in [-0.05, 0) is 79.7 Å². The number of fused-ring (bicyclic) bond motifs is 1. The van der Waals surface area contributed by atoms with E-state index in [4.69, 9.17) is 0 Å². The third-order valence-electron chi connectivity index (χ3n) is 7.86. The first kappa shape index (κ1) is 21.2. The summed E-state index contributed by atoms with van der Waals surface area (Å²) < 4.78 is 0. The van der Waals surface area contributed by atoms with Crippen LogP contribution in [0.15, 0.2) is 48.5 Å². The minimum Gasteiger partial charge on any atom is -0.0683 e. The zero-order chi connectivity index (χ0) is 20.3. The molecule has 2 fully saturated rings. The van der Waals surface area contributed by atoms with E-state index >= 15 is 0 Å². The molecule has 0 heterocycles. The fourth-order valence-electron chi connectivity index (χ4n) is 6.37. The Balaban J connectivity index is 0.00000109. The summed E-state index contributed by atoms with van der Waals surface area (Å²) in [4.78, 5) is 0. The second-order valence-corrected chi connectivity index (χ2v) is 9.25. The number of aryl methyl sites for hydroxylation is 2. The van der Waals surface area contributed by atoms with Crippen molar-refractivity contribution >= 4 is 0 Å². The molecule has 0 aliphatic heterocycles. The van der Waals surface area contributed by atoms with Crippen LogP contribution in [0, 0.1) is 31.1 Å². The summed E-state index contributed by atoms with van der Waals surface area (Å²) in [5, 5.41) is 0. The maximum absolute atomic E-state index is 2.53. The van der Waals surface area contributed by atoms with Gasteiger partial charge < -0.3 is 0 Å². The predicted octanol–water partition coefficient (Wildman–Crippen LogP) is 8.43. The van der Waals surface area contributed by atoms with Crippen LogP contribution in [-0.2, 0) is 0 Å². The van der Waals surface area contributed by atoms with E-state index in [0.717, 1.165) is 11.8 Å². The van der Waals surface area contributed by atoms with E-state index in [9.17, 15) is 0 Å². The van der Waals surface area contributed by atoms with Gasteiger partial charge in [0.05, 0.1) is 0 Å². The molecule has 5 unspecified atom stereocenters. The van der Waals surface area contributed by atoms with Gasteiger partial charge in [0.15, 0.2) is 0 Å². The van der Waals surface area contributed by atoms with Crippen molar-refractivity contribution in [3.63, 3.8) is 0 Å². The molecule has 2 aliphatic rings. The lowest BCUT2D eigenvalue weighted by atomic mass is 9.54. The highest BCUT2D eigenvalue weighted by molar-refractivity contribution is 5.35. The molecule has 2 aliphatic carbocycles. The second-order valence-electron chi connectivity index (χ2n) is 9.25. The molecule has 4 rings (SSSR count). The number of hydrogen-bond acceptors (Lipinski definition) is 0. The number of benzene rings is 2. The molecule has 0 aromatic heterocycles. The summed E-state index contributed by atoms with van der Waals surface area (Å²) in [7, 11) is 0. The van der Waals surface area contributed by atoms with Gasteiger partial charge >= 0.3 is 0 Å². The first-order valence-corrected chi connectivity index (χ1v) is 11.7. The van der Waals surface area contributed by atoms with Crippen LogP contribution in [0.4, 0.5) is 0 Å². The molecule has 0 N–H and O–H groups in total. The van der Waals surface area contributed by atoms with Gasteiger partial charge in [0.25, 0.3) is 0 Å². The average Bonchev–Trinajstić information content (AvgIpc) is 3.08. The lowest BCUT2D eigenvalue weighted by Gasteiger charge is -2.50. The quantitative estimate of drug-likeness (QED) is 0.504. The van der Waals surface area contributed by atoms with E-state index in [1.165, 1.54) is 43.2 Å². The minimum atomic E-state index is 0.580. The van der Waals surface area contributed by atoms with Crippen molar-refractivity contribution in [3.05, 3.63) is 70.8 Å². The molecule has 28 heavy (non-hydrogen) atoms. The highest BCUT2D eigenvalue weighted by Gasteiger charge is 2.53. The summed E-state index contributed by atoms with van der Waals surface area (Å²) in [6.45, 7) is 13.4. The first-order chi connectivity index (χ1) is 13.5. The third kappa shape index (κ3) is 3.80. The SMILES string of the molecule is CC.CCC12CCC(C)C1C(c1ccc(C)cc1)C(c1ccc(C)cc1)CC2. The monoisotopic (exact) mass is 376 g/mol. The van der Waals surface area contributed by atoms with Crippen molar-refractivity contribution in [2.45, 2.75) is 85.5 Å². The van der Waals surface area contributed by atoms with E-state index in [1.807, 2.05) is 13.8 Å². The Hall–Kier alpha value is -1.56. The Morgan fingerprint density at radius 2 is 1.29 bits per heavy atom. The van der Waals surface area contributed by atoms with Crippen LogP contribution >= 0.6 is 0 Å². The topological polar surface area (TPSA) is 0 Å². The van der Waals surface area contributed by atoms with E-state index in [0.29, 0.717) is 17.3 Å². The van der Waals surface area contributed by atoms with Crippen molar-refractivity contribution in [2.75, 3.05) is 0 Å². The molecule has 2 aromatic carbocycles. The Labute approximate surface area is 173 Å². The first-order valence-electron chi connectivity index (χ1n) is 11.7. The molecule has 0 radical (unpaired) electrons. The molecule has 0 heteroatoms. The van der Waals surface area contributed by atoms with Gasteiger partial charge in [0.1, 0.15) is 0 Å². The normalized spacial score (nSPS) is 31.6. The zero-order valence-corrected chi connectivity index (χ0v) is 19.0. The summed E-state index contributed by atoms with van der Waals surface area (Å²) >= 11 is 0. The maximum atomic E-state index is 2.53. The summed E-state index contributed by atoms with van der Waals surface area (Å²) in [5.41, 5.74) is 6.46. The number of rotatable bonds is 3. The minimum absolute atomic E-state index is 0.580. The standard InChI is InChI=1S/C26H34.C2H6/c1-5-26-16-14-20(4)25(26)24(22-12-8-19(3)9-13-22)23(15-17-26)21-10-6-18(2)7-11-21;1-2/h6-13,20,23-25H,5,14-17H2,1-4H3;1-2H3. The van der Waals surface area contributed by atoms with E-state index < -0.39 is 0 Å². The summed E-state index contributed by atoms with van der Waals surface area (Å²) in [6, 6.07) is 18.9. The lowest BCUT2D eigenvalue weighted by Crippen LogP contribution is -2.39. The van der Waals surface area contributed by atoms with Gasteiger partial charge in [-0.2, -0.15) is 0 Å². The van der Waals surface area contributed by atoms with Crippen molar-refractivity contribution in [1.29, 1.82) is 0 Å². The Kier molecular flexibility index (Phi) is 6.69. The van der Waals surface area contributed by atoms with E-state index in [1.54, 1.807) is 11.1 Å². The van der Waals surface area contributed by atoms with Gasteiger partial charge in [0, 0.05) is 0 Å². The van der Waals surface area contributed by atoms with E-state index in [2.05, 4.69) is 76.2 Å². The highest BCUT2D eigenvalue weighted by Crippen LogP contribution is 2.64. The molecule has 5 atom stereocenters. The molecule has 0 saturated heterocycles. The van der Waals surface area contributed by atoms with Crippen LogP contribution in [0.3, 0.4) is 0 Å². The van der Waals surface area contributed by atoms with Gasteiger partial charge in [-0.25, -0.2) is 0 Å². The summed E-state index contributed by atoms with van der Waals surface area (Å²) in [6.07, 6.45) is 6.98. The van der Waals surface area contributed by atoms with Gasteiger partial charge in [-0.1, -0.05) is 93.8 Å². The average molecular weight is 377 g/mol. The van der Waals surface area contributed by atoms with Crippen molar-refractivity contribution in [3.8, 4) is 0 Å². The van der Waals surface area contributed by atoms with Crippen molar-refractivity contribution in [2.24, 2.45) is 17.3 Å². The van der Waals surface area contributed by atoms with Crippen LogP contribution in [-0.4, -0.2) is 0 Å². The molecule has 152 valence electrons. The van der Waals surface area contributed by atoms with Crippen LogP contribution in [0.2, 0.25) is 0 Å². The number of hydrogen-bond donors (Lipinski definition) is 0. The molecule has 2 saturated carbocycles. The van der Waals surface area contributed by atoms with Crippen molar-refractivity contribution < 1.29 is 0 Å². The van der Waals surface area contributed by atoms with E-state index in [-0.39, 0.29) is 0 Å². The molecule has 2 aromatic rings. The van der Waals surface area contributed by atoms with Gasteiger partial charge in [-0.15, -0.1) is 0 Å². The van der Waals surface area contributed by atoms with Crippen LogP contribution < -0.4 is 0 Å². The Morgan fingerprint density at radius 3 is 1.82 bits per heavy atom. The molecular weight excluding hydrogens is 336 g/mol. The zero-order valence-electron chi connectivity index (χ0n) is 19.0. The molecule has 0 spiro atoms. The molecule has 0 nitrogen and oxygen atoms in total. The second kappa shape index (κ2) is 8.85. The third-order valence-corrected chi connectivity index (χ3v) is 7.86. The largest absolute Gasteiger partial charge is 0.0683 e. The smallest absolute Gasteiger partial charge is 0.00569 e. The Morgan fingerprint density at radius 1 is 0.786 bits per heavy atom. The van der Waals surface area contributed by atoms with Crippen LogP contribution in [0.5, 0.6) is 0 Å². The fraction of sp³-hybridized carbons (Fsp3) is 0.571.